The van der Waals surface area contributed by atoms with Gasteiger partial charge in [-0.15, -0.1) is 0 Å². The van der Waals surface area contributed by atoms with Crippen LogP contribution in [0.5, 0.6) is 0 Å². The fourth-order valence-corrected chi connectivity index (χ4v) is 5.42. The number of methoxy groups -OCH3 is 1. The maximum atomic E-state index is 14.1. The summed E-state index contributed by atoms with van der Waals surface area (Å²) in [6.45, 7) is 4.47. The molecule has 3 N–H and O–H groups in total. The van der Waals surface area contributed by atoms with Crippen LogP contribution in [0.15, 0.2) is 78.9 Å². The van der Waals surface area contributed by atoms with Gasteiger partial charge >= 0.3 is 6.03 Å². The number of anilines is 1. The van der Waals surface area contributed by atoms with E-state index in [-0.39, 0.29) is 29.7 Å². The first-order valence-corrected chi connectivity index (χ1v) is 13.9. The van der Waals surface area contributed by atoms with E-state index < -0.39 is 0 Å². The maximum Gasteiger partial charge on any atom is 0.320 e. The standard InChI is InChI=1S/C32H35FN6O3/c1-21-29(22-12-14-23(15-13-22)31(40)34-2)37-39(26-10-5-4-6-11-26)30(21)36-32(41)35-28-20-38(16-17-42-3)19-27(28)24-8-7-9-25(33)18-24/h4-15,18,27-28H,16-17,19-20H2,1-3H3,(H,34,40)(H2,35,36,41)/t27-,28+/m0/s1. The molecule has 2 atom stereocenters. The minimum atomic E-state index is -0.378. The highest BCUT2D eigenvalue weighted by Crippen LogP contribution is 2.32. The Kier molecular flexibility index (Phi) is 8.94. The number of carbonyl (C=O) groups is 2. The second kappa shape index (κ2) is 13.0. The van der Waals surface area contributed by atoms with Crippen molar-refractivity contribution in [3.8, 4) is 16.9 Å². The van der Waals surface area contributed by atoms with Gasteiger partial charge in [0, 0.05) is 56.4 Å². The molecule has 0 radical (unpaired) electrons. The van der Waals surface area contributed by atoms with E-state index in [1.54, 1.807) is 37.0 Å². The highest BCUT2D eigenvalue weighted by atomic mass is 19.1. The van der Waals surface area contributed by atoms with E-state index in [4.69, 9.17) is 9.84 Å². The minimum Gasteiger partial charge on any atom is -0.383 e. The molecule has 5 rings (SSSR count). The number of nitrogens with one attached hydrogen (secondary N) is 3. The molecular formula is C32H35FN6O3. The number of hydrogen-bond donors (Lipinski definition) is 3. The molecule has 0 aliphatic carbocycles. The average molecular weight is 571 g/mol. The summed E-state index contributed by atoms with van der Waals surface area (Å²) in [6, 6.07) is 22.7. The number of amides is 3. The van der Waals surface area contributed by atoms with Gasteiger partial charge in [0.05, 0.1) is 24.0 Å². The van der Waals surface area contributed by atoms with Crippen LogP contribution in [0.1, 0.15) is 27.4 Å². The summed E-state index contributed by atoms with van der Waals surface area (Å²) in [7, 11) is 3.25. The van der Waals surface area contributed by atoms with Gasteiger partial charge in [-0.2, -0.15) is 5.10 Å². The van der Waals surface area contributed by atoms with Crippen LogP contribution in [0.25, 0.3) is 16.9 Å². The van der Waals surface area contributed by atoms with Gasteiger partial charge in [0.15, 0.2) is 0 Å². The highest BCUT2D eigenvalue weighted by Gasteiger charge is 2.35. The zero-order valence-electron chi connectivity index (χ0n) is 23.9. The largest absolute Gasteiger partial charge is 0.383 e. The first-order chi connectivity index (χ1) is 20.4. The van der Waals surface area contributed by atoms with Crippen LogP contribution in [-0.4, -0.2) is 73.1 Å². The Hall–Kier alpha value is -4.54. The second-order valence-corrected chi connectivity index (χ2v) is 10.3. The van der Waals surface area contributed by atoms with E-state index in [1.165, 1.54) is 12.1 Å². The molecule has 0 unspecified atom stereocenters. The van der Waals surface area contributed by atoms with E-state index >= 15 is 0 Å². The van der Waals surface area contributed by atoms with E-state index in [2.05, 4.69) is 20.9 Å². The second-order valence-electron chi connectivity index (χ2n) is 10.3. The first kappa shape index (κ1) is 29.0. The van der Waals surface area contributed by atoms with Crippen LogP contribution in [0, 0.1) is 12.7 Å². The third kappa shape index (κ3) is 6.35. The molecule has 0 bridgehead atoms. The number of ether oxygens (including phenoxy) is 1. The van der Waals surface area contributed by atoms with Gasteiger partial charge in [-0.1, -0.05) is 42.5 Å². The minimum absolute atomic E-state index is 0.0853. The maximum absolute atomic E-state index is 14.1. The molecule has 3 amide bonds. The van der Waals surface area contributed by atoms with Gasteiger partial charge in [-0.3, -0.25) is 15.0 Å². The summed E-state index contributed by atoms with van der Waals surface area (Å²) < 4.78 is 21.1. The molecule has 42 heavy (non-hydrogen) atoms. The monoisotopic (exact) mass is 570 g/mol. The molecule has 10 heteroatoms. The van der Waals surface area contributed by atoms with Gasteiger partial charge in [0.25, 0.3) is 5.91 Å². The van der Waals surface area contributed by atoms with Crippen molar-refractivity contribution >= 4 is 17.8 Å². The Morgan fingerprint density at radius 3 is 2.48 bits per heavy atom. The molecule has 3 aromatic carbocycles. The lowest BCUT2D eigenvalue weighted by atomic mass is 9.94. The molecule has 0 saturated carbocycles. The molecule has 2 heterocycles. The van der Waals surface area contributed by atoms with Crippen molar-refractivity contribution in [3.63, 3.8) is 0 Å². The van der Waals surface area contributed by atoms with Crippen LogP contribution >= 0.6 is 0 Å². The van der Waals surface area contributed by atoms with Crippen molar-refractivity contribution in [1.82, 2.24) is 25.3 Å². The Labute approximate surface area is 244 Å². The number of halogens is 1. The Bertz CT molecular complexity index is 1540. The molecule has 1 aromatic heterocycles. The zero-order chi connectivity index (χ0) is 29.6. The number of hydrogen-bond acceptors (Lipinski definition) is 5. The van der Waals surface area contributed by atoms with Crippen LogP contribution < -0.4 is 16.0 Å². The summed E-state index contributed by atoms with van der Waals surface area (Å²) in [6.07, 6.45) is 0. The summed E-state index contributed by atoms with van der Waals surface area (Å²) in [4.78, 5) is 27.8. The van der Waals surface area contributed by atoms with Gasteiger partial charge in [0.2, 0.25) is 0 Å². The topological polar surface area (TPSA) is 101 Å². The van der Waals surface area contributed by atoms with Crippen LogP contribution in [0.3, 0.4) is 0 Å². The van der Waals surface area contributed by atoms with E-state index in [0.29, 0.717) is 43.3 Å². The number of likely N-dealkylation sites (tertiary alicyclic amines) is 1. The Morgan fingerprint density at radius 1 is 1.02 bits per heavy atom. The molecule has 1 fully saturated rings. The summed E-state index contributed by atoms with van der Waals surface area (Å²) in [5, 5.41) is 13.7. The Morgan fingerprint density at radius 2 is 1.79 bits per heavy atom. The fraction of sp³-hybridized carbons (Fsp3) is 0.281. The van der Waals surface area contributed by atoms with Crippen molar-refractivity contribution in [1.29, 1.82) is 0 Å². The van der Waals surface area contributed by atoms with Crippen LogP contribution in [0.4, 0.5) is 15.0 Å². The van der Waals surface area contributed by atoms with Crippen molar-refractivity contribution in [3.05, 3.63) is 101 Å². The number of nitrogens with zero attached hydrogens (tertiary/aromatic N) is 3. The predicted octanol–water partition coefficient (Wildman–Crippen LogP) is 4.58. The van der Waals surface area contributed by atoms with Crippen molar-refractivity contribution < 1.29 is 18.7 Å². The molecule has 1 aliphatic rings. The van der Waals surface area contributed by atoms with Gasteiger partial charge in [0.1, 0.15) is 11.6 Å². The number of carbonyl (C=O) groups excluding carboxylic acids is 2. The fourth-order valence-electron chi connectivity index (χ4n) is 5.42. The summed E-state index contributed by atoms with van der Waals surface area (Å²) in [5.41, 5.74) is 4.44. The summed E-state index contributed by atoms with van der Waals surface area (Å²) >= 11 is 0. The van der Waals surface area contributed by atoms with Crippen LogP contribution in [0.2, 0.25) is 0 Å². The molecule has 0 spiro atoms. The highest BCUT2D eigenvalue weighted by molar-refractivity contribution is 5.95. The SMILES string of the molecule is CNC(=O)c1ccc(-c2nn(-c3ccccc3)c(NC(=O)N[C@@H]3CN(CCOC)C[C@H]3c3cccc(F)c3)c2C)cc1. The molecule has 1 aliphatic heterocycles. The molecule has 1 saturated heterocycles. The Balaban J connectivity index is 1.42. The third-order valence-corrected chi connectivity index (χ3v) is 7.60. The van der Waals surface area contributed by atoms with Crippen molar-refractivity contribution in [2.45, 2.75) is 18.9 Å². The smallest absolute Gasteiger partial charge is 0.320 e. The van der Waals surface area contributed by atoms with Crippen molar-refractivity contribution in [2.75, 3.05) is 45.7 Å². The third-order valence-electron chi connectivity index (χ3n) is 7.60. The molecule has 218 valence electrons. The predicted molar refractivity (Wildman–Crippen MR) is 161 cm³/mol. The molecule has 4 aromatic rings. The molecule has 9 nitrogen and oxygen atoms in total. The number of para-hydroxylation sites is 1. The van der Waals surface area contributed by atoms with Crippen LogP contribution in [-0.2, 0) is 4.74 Å². The van der Waals surface area contributed by atoms with E-state index in [1.807, 2.05) is 55.5 Å². The lowest BCUT2D eigenvalue weighted by molar-refractivity contribution is 0.0963. The number of rotatable bonds is 9. The van der Waals surface area contributed by atoms with Gasteiger partial charge in [-0.25, -0.2) is 13.9 Å². The van der Waals surface area contributed by atoms with Gasteiger partial charge < -0.3 is 15.4 Å². The zero-order valence-corrected chi connectivity index (χ0v) is 23.9. The quantitative estimate of drug-likeness (QED) is 0.274. The van der Waals surface area contributed by atoms with Crippen molar-refractivity contribution in [2.24, 2.45) is 0 Å². The van der Waals surface area contributed by atoms with E-state index in [9.17, 15) is 14.0 Å². The average Bonchev–Trinajstić information content (AvgIpc) is 3.56. The van der Waals surface area contributed by atoms with E-state index in [0.717, 1.165) is 22.4 Å². The molecular weight excluding hydrogens is 535 g/mol. The lowest BCUT2D eigenvalue weighted by Gasteiger charge is -2.21. The summed E-state index contributed by atoms with van der Waals surface area (Å²) in [5.74, 6) is -0.0286. The number of urea groups is 1. The number of benzene rings is 3. The lowest BCUT2D eigenvalue weighted by Crippen LogP contribution is -2.42. The normalized spacial score (nSPS) is 16.8. The first-order valence-electron chi connectivity index (χ1n) is 13.9. The van der Waals surface area contributed by atoms with Gasteiger partial charge in [-0.05, 0) is 48.9 Å². The number of aromatic nitrogens is 2.